The average molecular weight is 330 g/mol. The van der Waals surface area contributed by atoms with Crippen molar-refractivity contribution in [1.82, 2.24) is 0 Å². The third-order valence-corrected chi connectivity index (χ3v) is 4.17. The van der Waals surface area contributed by atoms with Crippen LogP contribution in [0.25, 0.3) is 0 Å². The molecule has 20 heavy (non-hydrogen) atoms. The van der Waals surface area contributed by atoms with E-state index in [1.54, 1.807) is 6.07 Å². The maximum atomic E-state index is 10.2. The predicted octanol–water partition coefficient (Wildman–Crippen LogP) is 4.03. The minimum atomic E-state index is -0.650. The van der Waals surface area contributed by atoms with Crippen LogP contribution in [0, 0.1) is 11.3 Å². The summed E-state index contributed by atoms with van der Waals surface area (Å²) in [7, 11) is 0. The molecule has 1 aliphatic rings. The Balaban J connectivity index is 2.06. The van der Waals surface area contributed by atoms with E-state index in [1.165, 1.54) is 0 Å². The Morgan fingerprint density at radius 3 is 2.65 bits per heavy atom. The molecule has 0 amide bonds. The Kier molecular flexibility index (Phi) is 3.47. The molecule has 0 spiro atoms. The first-order valence-corrected chi connectivity index (χ1v) is 7.10. The normalized spacial score (nSPS) is 21.0. The Labute approximate surface area is 125 Å². The summed E-state index contributed by atoms with van der Waals surface area (Å²) >= 11 is 3.32. The number of phenolic OH excluding ortho intramolecular Hbond substituents is 1. The molecule has 0 fully saturated rings. The minimum Gasteiger partial charge on any atom is -0.506 e. The molecular weight excluding hydrogens is 318 g/mol. The number of phenols is 1. The van der Waals surface area contributed by atoms with Crippen molar-refractivity contribution >= 4 is 15.9 Å². The van der Waals surface area contributed by atoms with Crippen LogP contribution in [0.2, 0.25) is 0 Å². The van der Waals surface area contributed by atoms with E-state index in [2.05, 4.69) is 22.0 Å². The number of hydrogen-bond donors (Lipinski definition) is 1. The molecule has 1 aliphatic heterocycles. The van der Waals surface area contributed by atoms with Gasteiger partial charge in [-0.2, -0.15) is 5.26 Å². The van der Waals surface area contributed by atoms with Crippen molar-refractivity contribution in [2.45, 2.75) is 18.6 Å². The van der Waals surface area contributed by atoms with E-state index in [9.17, 15) is 10.4 Å². The van der Waals surface area contributed by atoms with Gasteiger partial charge in [0.2, 0.25) is 0 Å². The molecule has 0 aromatic heterocycles. The van der Waals surface area contributed by atoms with Crippen molar-refractivity contribution in [3.8, 4) is 11.8 Å². The average Bonchev–Trinajstić information content (AvgIpc) is 2.51. The van der Waals surface area contributed by atoms with Crippen LogP contribution in [0.5, 0.6) is 5.75 Å². The number of rotatable bonds is 1. The molecular formula is C16H12BrNO2. The van der Waals surface area contributed by atoms with Crippen molar-refractivity contribution in [3.05, 3.63) is 63.6 Å². The van der Waals surface area contributed by atoms with Crippen LogP contribution in [-0.2, 0) is 11.2 Å². The van der Waals surface area contributed by atoms with Crippen LogP contribution in [0.4, 0.5) is 0 Å². The molecule has 3 nitrogen and oxygen atoms in total. The van der Waals surface area contributed by atoms with Gasteiger partial charge in [0, 0.05) is 17.5 Å². The number of hydrogen-bond acceptors (Lipinski definition) is 3. The van der Waals surface area contributed by atoms with E-state index in [0.29, 0.717) is 10.9 Å². The van der Waals surface area contributed by atoms with E-state index in [1.807, 2.05) is 36.4 Å². The van der Waals surface area contributed by atoms with Crippen molar-refractivity contribution < 1.29 is 9.84 Å². The maximum Gasteiger partial charge on any atom is 0.170 e. The first-order valence-electron chi connectivity index (χ1n) is 6.31. The van der Waals surface area contributed by atoms with Gasteiger partial charge in [-0.25, -0.2) is 0 Å². The zero-order valence-corrected chi connectivity index (χ0v) is 12.2. The maximum absolute atomic E-state index is 10.2. The smallest absolute Gasteiger partial charge is 0.170 e. The van der Waals surface area contributed by atoms with E-state index in [0.717, 1.165) is 16.7 Å². The molecule has 4 heteroatoms. The zero-order valence-electron chi connectivity index (χ0n) is 10.6. The molecule has 0 bridgehead atoms. The summed E-state index contributed by atoms with van der Waals surface area (Å²) in [4.78, 5) is 0. The fraction of sp³-hybridized carbons (Fsp3) is 0.188. The number of ether oxygens (including phenoxy) is 1. The lowest BCUT2D eigenvalue weighted by atomic mass is 9.91. The monoisotopic (exact) mass is 329 g/mol. The van der Waals surface area contributed by atoms with Crippen LogP contribution in [0.15, 0.2) is 46.9 Å². The SMILES string of the molecule is N#C[C@@H]1O[C@H](c2ccccc2)Cc2c1ccc(Br)c2O. The second-order valence-electron chi connectivity index (χ2n) is 4.71. The van der Waals surface area contributed by atoms with Crippen molar-refractivity contribution in [3.63, 3.8) is 0 Å². The summed E-state index contributed by atoms with van der Waals surface area (Å²) in [6, 6.07) is 15.5. The Morgan fingerprint density at radius 2 is 1.95 bits per heavy atom. The fourth-order valence-electron chi connectivity index (χ4n) is 2.52. The lowest BCUT2D eigenvalue weighted by Gasteiger charge is -2.29. The summed E-state index contributed by atoms with van der Waals surface area (Å²) in [6.45, 7) is 0. The van der Waals surface area contributed by atoms with E-state index >= 15 is 0 Å². The van der Waals surface area contributed by atoms with Gasteiger partial charge in [-0.3, -0.25) is 0 Å². The Morgan fingerprint density at radius 1 is 1.20 bits per heavy atom. The van der Waals surface area contributed by atoms with Gasteiger partial charge in [-0.15, -0.1) is 0 Å². The molecule has 1 heterocycles. The van der Waals surface area contributed by atoms with Crippen molar-refractivity contribution in [2.24, 2.45) is 0 Å². The van der Waals surface area contributed by atoms with Gasteiger partial charge in [-0.05, 0) is 27.6 Å². The molecule has 2 aromatic carbocycles. The third kappa shape index (κ3) is 2.20. The highest BCUT2D eigenvalue weighted by molar-refractivity contribution is 9.10. The molecule has 100 valence electrons. The highest BCUT2D eigenvalue weighted by Crippen LogP contribution is 2.43. The summed E-state index contributed by atoms with van der Waals surface area (Å²) in [5.74, 6) is 0.201. The fourth-order valence-corrected chi connectivity index (χ4v) is 2.89. The van der Waals surface area contributed by atoms with Gasteiger partial charge in [0.25, 0.3) is 0 Å². The van der Waals surface area contributed by atoms with Crippen LogP contribution in [-0.4, -0.2) is 5.11 Å². The molecule has 2 atom stereocenters. The van der Waals surface area contributed by atoms with Gasteiger partial charge in [0.05, 0.1) is 16.6 Å². The summed E-state index contributed by atoms with van der Waals surface area (Å²) in [5.41, 5.74) is 2.55. The molecule has 0 radical (unpaired) electrons. The lowest BCUT2D eigenvalue weighted by molar-refractivity contribution is 0.00190. The number of aromatic hydroxyl groups is 1. The van der Waals surface area contributed by atoms with Gasteiger partial charge in [-0.1, -0.05) is 36.4 Å². The Hall–Kier alpha value is -1.83. The van der Waals surface area contributed by atoms with Crippen LogP contribution in [0.1, 0.15) is 28.9 Å². The van der Waals surface area contributed by atoms with Gasteiger partial charge in [0.15, 0.2) is 6.10 Å². The standard InChI is InChI=1S/C16H12BrNO2/c17-13-7-6-11-12(16(13)19)8-14(20-15(11)9-18)10-4-2-1-3-5-10/h1-7,14-15,19H,8H2/t14-,15-/m0/s1. The number of benzene rings is 2. The van der Waals surface area contributed by atoms with E-state index < -0.39 is 6.10 Å². The molecule has 0 saturated heterocycles. The minimum absolute atomic E-state index is 0.201. The number of halogens is 1. The first-order chi connectivity index (χ1) is 9.70. The van der Waals surface area contributed by atoms with Crippen LogP contribution in [0.3, 0.4) is 0 Å². The Bertz CT molecular complexity index is 679. The van der Waals surface area contributed by atoms with Crippen LogP contribution >= 0.6 is 15.9 Å². The van der Waals surface area contributed by atoms with Gasteiger partial charge < -0.3 is 9.84 Å². The second kappa shape index (κ2) is 5.28. The predicted molar refractivity (Wildman–Crippen MR) is 78.1 cm³/mol. The summed E-state index contributed by atoms with van der Waals surface area (Å²) in [5, 5.41) is 19.5. The molecule has 3 rings (SSSR count). The van der Waals surface area contributed by atoms with Gasteiger partial charge in [0.1, 0.15) is 5.75 Å². The topological polar surface area (TPSA) is 53.2 Å². The number of nitrogens with zero attached hydrogens (tertiary/aromatic N) is 1. The third-order valence-electron chi connectivity index (χ3n) is 3.53. The zero-order chi connectivity index (χ0) is 14.1. The quantitative estimate of drug-likeness (QED) is 0.859. The first kappa shape index (κ1) is 13.2. The molecule has 0 aliphatic carbocycles. The molecule has 0 saturated carbocycles. The highest BCUT2D eigenvalue weighted by atomic mass is 79.9. The second-order valence-corrected chi connectivity index (χ2v) is 5.57. The highest BCUT2D eigenvalue weighted by Gasteiger charge is 2.30. The van der Waals surface area contributed by atoms with Crippen molar-refractivity contribution in [1.29, 1.82) is 5.26 Å². The lowest BCUT2D eigenvalue weighted by Crippen LogP contribution is -2.19. The number of nitriles is 1. The molecule has 0 unspecified atom stereocenters. The molecule has 1 N–H and O–H groups in total. The van der Waals surface area contributed by atoms with Crippen LogP contribution < -0.4 is 0 Å². The van der Waals surface area contributed by atoms with Crippen molar-refractivity contribution in [2.75, 3.05) is 0 Å². The van der Waals surface area contributed by atoms with E-state index in [-0.39, 0.29) is 11.9 Å². The van der Waals surface area contributed by atoms with Gasteiger partial charge >= 0.3 is 0 Å². The number of fused-ring (bicyclic) bond motifs is 1. The van der Waals surface area contributed by atoms with E-state index in [4.69, 9.17) is 4.74 Å². The largest absolute Gasteiger partial charge is 0.506 e. The summed E-state index contributed by atoms with van der Waals surface area (Å²) < 4.78 is 6.50. The molecule has 2 aromatic rings. The summed E-state index contributed by atoms with van der Waals surface area (Å²) in [6.07, 6.45) is -0.306.